The predicted octanol–water partition coefficient (Wildman–Crippen LogP) is 3.50. The summed E-state index contributed by atoms with van der Waals surface area (Å²) >= 11 is 5.28. The maximum Gasteiger partial charge on any atom is 0.203 e. The molecule has 0 aliphatic rings. The number of hydrogen-bond donors (Lipinski definition) is 1. The Morgan fingerprint density at radius 3 is 2.67 bits per heavy atom. The van der Waals surface area contributed by atoms with E-state index in [9.17, 15) is 0 Å². The Balaban J connectivity index is 2.26. The third-order valence-electron chi connectivity index (χ3n) is 2.75. The normalized spacial score (nSPS) is 10.7. The van der Waals surface area contributed by atoms with Gasteiger partial charge in [0.25, 0.3) is 0 Å². The van der Waals surface area contributed by atoms with Crippen LogP contribution in [0.25, 0.3) is 17.3 Å². The Morgan fingerprint density at radius 2 is 2.00 bits per heavy atom. The van der Waals surface area contributed by atoms with Gasteiger partial charge in [-0.2, -0.15) is 5.10 Å². The second kappa shape index (κ2) is 4.27. The molecular weight excluding hydrogens is 246 g/mol. The zero-order valence-corrected chi connectivity index (χ0v) is 10.6. The first-order valence-electron chi connectivity index (χ1n) is 5.54. The van der Waals surface area contributed by atoms with Crippen LogP contribution in [0, 0.1) is 11.7 Å². The molecule has 0 atom stereocenters. The molecule has 3 aromatic rings. The maximum atomic E-state index is 5.48. The fourth-order valence-electron chi connectivity index (χ4n) is 1.87. The van der Waals surface area contributed by atoms with Gasteiger partial charge in [0.15, 0.2) is 10.5 Å². The third kappa shape index (κ3) is 1.69. The lowest BCUT2D eigenvalue weighted by molar-refractivity contribution is 0.574. The van der Waals surface area contributed by atoms with Crippen molar-refractivity contribution in [2.45, 2.75) is 6.92 Å². The van der Waals surface area contributed by atoms with Crippen molar-refractivity contribution in [3.8, 4) is 17.3 Å². The summed E-state index contributed by atoms with van der Waals surface area (Å²) in [5, 5.41) is 7.05. The van der Waals surface area contributed by atoms with Crippen LogP contribution in [0.1, 0.15) is 5.56 Å². The lowest BCUT2D eigenvalue weighted by atomic mass is 10.2. The van der Waals surface area contributed by atoms with Crippen molar-refractivity contribution in [1.82, 2.24) is 14.8 Å². The molecule has 0 unspecified atom stereocenters. The number of rotatable bonds is 2. The molecule has 4 nitrogen and oxygen atoms in total. The van der Waals surface area contributed by atoms with E-state index in [1.54, 1.807) is 6.26 Å². The summed E-state index contributed by atoms with van der Waals surface area (Å²) in [7, 11) is 0. The van der Waals surface area contributed by atoms with Crippen LogP contribution in [-0.2, 0) is 0 Å². The van der Waals surface area contributed by atoms with Crippen molar-refractivity contribution in [3.63, 3.8) is 0 Å². The van der Waals surface area contributed by atoms with E-state index in [1.807, 2.05) is 47.9 Å². The number of aromatic amines is 1. The molecule has 1 N–H and O–H groups in total. The Labute approximate surface area is 109 Å². The molecule has 0 spiro atoms. The molecule has 0 aliphatic heterocycles. The van der Waals surface area contributed by atoms with Crippen molar-refractivity contribution in [2.75, 3.05) is 0 Å². The van der Waals surface area contributed by atoms with Gasteiger partial charge in [0, 0.05) is 0 Å². The lowest BCUT2D eigenvalue weighted by Gasteiger charge is -2.05. The van der Waals surface area contributed by atoms with E-state index in [4.69, 9.17) is 16.6 Å². The van der Waals surface area contributed by atoms with Gasteiger partial charge in [-0.1, -0.05) is 18.2 Å². The molecule has 1 aromatic carbocycles. The maximum absolute atomic E-state index is 5.48. The minimum Gasteiger partial charge on any atom is -0.461 e. The minimum absolute atomic E-state index is 0.548. The van der Waals surface area contributed by atoms with Gasteiger partial charge in [0.2, 0.25) is 5.82 Å². The first kappa shape index (κ1) is 11.0. The number of H-pyrrole nitrogens is 1. The van der Waals surface area contributed by atoms with Crippen molar-refractivity contribution < 1.29 is 4.42 Å². The number of nitrogens with zero attached hydrogens (tertiary/aromatic N) is 2. The Morgan fingerprint density at radius 1 is 1.22 bits per heavy atom. The monoisotopic (exact) mass is 257 g/mol. The highest BCUT2D eigenvalue weighted by Crippen LogP contribution is 2.25. The predicted molar refractivity (Wildman–Crippen MR) is 71.2 cm³/mol. The molecule has 0 saturated heterocycles. The highest BCUT2D eigenvalue weighted by molar-refractivity contribution is 7.71. The summed E-state index contributed by atoms with van der Waals surface area (Å²) < 4.78 is 7.89. The van der Waals surface area contributed by atoms with Crippen LogP contribution in [0.15, 0.2) is 47.1 Å². The highest BCUT2D eigenvalue weighted by atomic mass is 32.1. The molecule has 0 fully saturated rings. The highest BCUT2D eigenvalue weighted by Gasteiger charge is 2.15. The van der Waals surface area contributed by atoms with Gasteiger partial charge in [0.05, 0.1) is 12.0 Å². The number of hydrogen-bond acceptors (Lipinski definition) is 3. The van der Waals surface area contributed by atoms with Crippen LogP contribution >= 0.6 is 12.2 Å². The van der Waals surface area contributed by atoms with Gasteiger partial charge < -0.3 is 4.42 Å². The van der Waals surface area contributed by atoms with Gasteiger partial charge in [-0.25, -0.2) is 0 Å². The summed E-state index contributed by atoms with van der Waals surface area (Å²) in [6, 6.07) is 11.7. The van der Waals surface area contributed by atoms with Gasteiger partial charge >= 0.3 is 0 Å². The Hall–Kier alpha value is -2.14. The zero-order chi connectivity index (χ0) is 12.5. The van der Waals surface area contributed by atoms with E-state index in [-0.39, 0.29) is 0 Å². The zero-order valence-electron chi connectivity index (χ0n) is 9.75. The van der Waals surface area contributed by atoms with E-state index in [0.29, 0.717) is 10.6 Å². The van der Waals surface area contributed by atoms with E-state index in [0.717, 1.165) is 17.0 Å². The molecule has 0 amide bonds. The molecule has 0 radical (unpaired) electrons. The van der Waals surface area contributed by atoms with Crippen LogP contribution < -0.4 is 0 Å². The molecule has 2 heterocycles. The second-order valence-electron chi connectivity index (χ2n) is 3.96. The van der Waals surface area contributed by atoms with Crippen LogP contribution in [-0.4, -0.2) is 14.8 Å². The molecular formula is C13H11N3OS. The number of furan rings is 1. The number of nitrogens with one attached hydrogen (secondary N) is 1. The summed E-state index contributed by atoms with van der Waals surface area (Å²) in [6.07, 6.45) is 1.65. The number of aryl methyl sites for hydroxylation is 1. The average Bonchev–Trinajstić information content (AvgIpc) is 2.96. The van der Waals surface area contributed by atoms with Crippen LogP contribution in [0.4, 0.5) is 0 Å². The van der Waals surface area contributed by atoms with Crippen molar-refractivity contribution in [1.29, 1.82) is 0 Å². The first-order chi connectivity index (χ1) is 8.77. The lowest BCUT2D eigenvalue weighted by Crippen LogP contribution is -1.97. The van der Waals surface area contributed by atoms with Crippen LogP contribution in [0.2, 0.25) is 0 Å². The van der Waals surface area contributed by atoms with Crippen molar-refractivity contribution in [3.05, 3.63) is 53.0 Å². The molecule has 2 aromatic heterocycles. The van der Waals surface area contributed by atoms with Gasteiger partial charge in [-0.15, -0.1) is 0 Å². The molecule has 90 valence electrons. The topological polar surface area (TPSA) is 46.8 Å². The Kier molecular flexibility index (Phi) is 2.60. The van der Waals surface area contributed by atoms with Gasteiger partial charge in [-0.3, -0.25) is 9.67 Å². The van der Waals surface area contributed by atoms with E-state index < -0.39 is 0 Å². The molecule has 0 saturated carbocycles. The summed E-state index contributed by atoms with van der Waals surface area (Å²) in [6.45, 7) is 1.98. The quantitative estimate of drug-likeness (QED) is 0.715. The summed E-state index contributed by atoms with van der Waals surface area (Å²) in [4.78, 5) is 0. The van der Waals surface area contributed by atoms with Crippen LogP contribution in [0.3, 0.4) is 0 Å². The molecule has 0 aliphatic carbocycles. The summed E-state index contributed by atoms with van der Waals surface area (Å²) in [5.41, 5.74) is 1.99. The van der Waals surface area contributed by atoms with E-state index in [1.165, 1.54) is 0 Å². The van der Waals surface area contributed by atoms with Crippen molar-refractivity contribution >= 4 is 12.2 Å². The standard InChI is InChI=1S/C13H11N3OS/c1-9-7-8-17-11(9)12-14-15-13(18)16(12)10-5-3-2-4-6-10/h2-8H,1H3,(H,15,18). The number of aromatic nitrogens is 3. The minimum atomic E-state index is 0.548. The smallest absolute Gasteiger partial charge is 0.203 e. The molecule has 0 bridgehead atoms. The molecule has 18 heavy (non-hydrogen) atoms. The summed E-state index contributed by atoms with van der Waals surface area (Å²) in [5.74, 6) is 1.42. The van der Waals surface area contributed by atoms with Gasteiger partial charge in [-0.05, 0) is 42.9 Å². The average molecular weight is 257 g/mol. The van der Waals surface area contributed by atoms with E-state index in [2.05, 4.69) is 10.2 Å². The largest absolute Gasteiger partial charge is 0.461 e. The van der Waals surface area contributed by atoms with Crippen LogP contribution in [0.5, 0.6) is 0 Å². The van der Waals surface area contributed by atoms with E-state index >= 15 is 0 Å². The SMILES string of the molecule is Cc1ccoc1-c1n[nH]c(=S)n1-c1ccccc1. The first-order valence-corrected chi connectivity index (χ1v) is 5.95. The number of para-hydroxylation sites is 1. The fourth-order valence-corrected chi connectivity index (χ4v) is 2.11. The number of benzene rings is 1. The fraction of sp³-hybridized carbons (Fsp3) is 0.0769. The van der Waals surface area contributed by atoms with Gasteiger partial charge in [0.1, 0.15) is 0 Å². The molecule has 5 heteroatoms. The molecule has 3 rings (SSSR count). The third-order valence-corrected chi connectivity index (χ3v) is 3.03. The Bertz CT molecular complexity index is 724. The second-order valence-corrected chi connectivity index (χ2v) is 4.34. The van der Waals surface area contributed by atoms with Crippen molar-refractivity contribution in [2.24, 2.45) is 0 Å².